The fourth-order valence-electron chi connectivity index (χ4n) is 5.17. The smallest absolute Gasteiger partial charge is 0.0983 e. The predicted octanol–water partition coefficient (Wildman–Crippen LogP) is 3.45. The van der Waals surface area contributed by atoms with E-state index in [0.717, 1.165) is 30.2 Å². The van der Waals surface area contributed by atoms with Gasteiger partial charge in [-0.15, -0.1) is 0 Å². The molecule has 0 amide bonds. The van der Waals surface area contributed by atoms with Crippen LogP contribution >= 0.6 is 0 Å². The van der Waals surface area contributed by atoms with Crippen LogP contribution in [0.5, 0.6) is 0 Å². The van der Waals surface area contributed by atoms with Crippen molar-refractivity contribution in [3.8, 4) is 0 Å². The van der Waals surface area contributed by atoms with Gasteiger partial charge in [-0.1, -0.05) is 47.7 Å². The van der Waals surface area contributed by atoms with E-state index in [2.05, 4.69) is 57.8 Å². The molecule has 4 aliphatic rings. The van der Waals surface area contributed by atoms with Crippen molar-refractivity contribution in [2.24, 2.45) is 34.0 Å². The molecule has 1 aromatic rings. The zero-order chi connectivity index (χ0) is 13.1. The molecule has 2 fully saturated rings. The van der Waals surface area contributed by atoms with Crippen LogP contribution in [0, 0.1) is 23.7 Å². The van der Waals surface area contributed by atoms with E-state index in [0.29, 0.717) is 12.1 Å². The van der Waals surface area contributed by atoms with Gasteiger partial charge in [-0.05, 0) is 42.1 Å². The highest BCUT2D eigenvalue weighted by molar-refractivity contribution is 5.22. The van der Waals surface area contributed by atoms with E-state index in [1.807, 2.05) is 0 Å². The highest BCUT2D eigenvalue weighted by Crippen LogP contribution is 2.60. The molecule has 0 N–H and O–H groups in total. The summed E-state index contributed by atoms with van der Waals surface area (Å²) in [6, 6.07) is 11.7. The maximum atomic E-state index is 4.64. The molecule has 1 aliphatic heterocycles. The molecule has 3 heteroatoms. The molecule has 0 saturated heterocycles. The van der Waals surface area contributed by atoms with Crippen LogP contribution in [0.2, 0.25) is 0 Å². The molecular formula is C17H19N3. The van der Waals surface area contributed by atoms with E-state index in [1.165, 1.54) is 18.4 Å². The Bertz CT molecular complexity index is 579. The van der Waals surface area contributed by atoms with Gasteiger partial charge in [0.2, 0.25) is 0 Å². The van der Waals surface area contributed by atoms with E-state index in [-0.39, 0.29) is 0 Å². The van der Waals surface area contributed by atoms with Gasteiger partial charge in [0.15, 0.2) is 0 Å². The van der Waals surface area contributed by atoms with Crippen LogP contribution in [0.25, 0.3) is 0 Å². The first-order valence-electron chi connectivity index (χ1n) is 7.80. The Labute approximate surface area is 119 Å². The van der Waals surface area contributed by atoms with Gasteiger partial charge in [0.05, 0.1) is 18.6 Å². The highest BCUT2D eigenvalue weighted by Gasteiger charge is 2.61. The fourth-order valence-corrected chi connectivity index (χ4v) is 5.17. The summed E-state index contributed by atoms with van der Waals surface area (Å²) in [7, 11) is 0. The topological polar surface area (TPSA) is 28.0 Å². The second kappa shape index (κ2) is 3.94. The molecular weight excluding hydrogens is 246 g/mol. The molecule has 2 saturated carbocycles. The standard InChI is InChI=1S/C17H19N3/c1-2-5-11(6-3-1)10-20-17-15-9-14(16(17)18-19-20)12-7-4-8-13(12)15/h1-6,8,12-17H,7,9-10H2. The van der Waals surface area contributed by atoms with Crippen LogP contribution < -0.4 is 0 Å². The second-order valence-corrected chi connectivity index (χ2v) is 6.74. The molecule has 1 heterocycles. The second-order valence-electron chi connectivity index (χ2n) is 6.74. The summed E-state index contributed by atoms with van der Waals surface area (Å²) in [4.78, 5) is 0. The molecule has 3 nitrogen and oxygen atoms in total. The zero-order valence-corrected chi connectivity index (χ0v) is 11.5. The Balaban J connectivity index is 1.42. The lowest BCUT2D eigenvalue weighted by atomic mass is 9.76. The lowest BCUT2D eigenvalue weighted by Gasteiger charge is -2.35. The summed E-state index contributed by atoms with van der Waals surface area (Å²) >= 11 is 0. The fraction of sp³-hybridized carbons (Fsp3) is 0.529. The number of allylic oxidation sites excluding steroid dienone is 2. The third-order valence-electron chi connectivity index (χ3n) is 5.91. The molecule has 0 spiro atoms. The highest BCUT2D eigenvalue weighted by atomic mass is 15.6. The monoisotopic (exact) mass is 265 g/mol. The van der Waals surface area contributed by atoms with Crippen LogP contribution in [0.1, 0.15) is 18.4 Å². The van der Waals surface area contributed by atoms with Crippen LogP contribution in [0.3, 0.4) is 0 Å². The predicted molar refractivity (Wildman–Crippen MR) is 76.8 cm³/mol. The van der Waals surface area contributed by atoms with Gasteiger partial charge in [-0.3, -0.25) is 5.01 Å². The average molecular weight is 265 g/mol. The maximum absolute atomic E-state index is 4.64. The van der Waals surface area contributed by atoms with Crippen molar-refractivity contribution in [3.63, 3.8) is 0 Å². The van der Waals surface area contributed by atoms with Crippen molar-refractivity contribution in [2.45, 2.75) is 31.5 Å². The van der Waals surface area contributed by atoms with Gasteiger partial charge in [0.1, 0.15) is 0 Å². The zero-order valence-electron chi connectivity index (χ0n) is 11.5. The molecule has 2 bridgehead atoms. The normalized spacial score (nSPS) is 43.3. The van der Waals surface area contributed by atoms with Crippen molar-refractivity contribution >= 4 is 0 Å². The molecule has 0 aromatic heterocycles. The number of benzene rings is 1. The van der Waals surface area contributed by atoms with Crippen molar-refractivity contribution < 1.29 is 0 Å². The molecule has 6 atom stereocenters. The summed E-state index contributed by atoms with van der Waals surface area (Å²) < 4.78 is 0. The summed E-state index contributed by atoms with van der Waals surface area (Å²) in [5.74, 6) is 3.25. The summed E-state index contributed by atoms with van der Waals surface area (Å²) in [6.45, 7) is 0.913. The van der Waals surface area contributed by atoms with E-state index < -0.39 is 0 Å². The average Bonchev–Trinajstić information content (AvgIpc) is 3.18. The van der Waals surface area contributed by atoms with Gasteiger partial charge in [-0.25, -0.2) is 0 Å². The Morgan fingerprint density at radius 3 is 2.90 bits per heavy atom. The lowest BCUT2D eigenvalue weighted by Crippen LogP contribution is -2.44. The van der Waals surface area contributed by atoms with Gasteiger partial charge >= 0.3 is 0 Å². The summed E-state index contributed by atoms with van der Waals surface area (Å²) in [5.41, 5.74) is 1.34. The van der Waals surface area contributed by atoms with E-state index in [1.54, 1.807) is 0 Å². The molecule has 0 radical (unpaired) electrons. The Hall–Kier alpha value is -1.64. The minimum Gasteiger partial charge on any atom is -0.269 e. The molecule has 102 valence electrons. The van der Waals surface area contributed by atoms with Crippen molar-refractivity contribution in [3.05, 3.63) is 48.0 Å². The Kier molecular flexibility index (Phi) is 2.18. The number of hydrogen-bond donors (Lipinski definition) is 0. The van der Waals surface area contributed by atoms with E-state index in [4.69, 9.17) is 0 Å². The third kappa shape index (κ3) is 1.36. The molecule has 20 heavy (non-hydrogen) atoms. The van der Waals surface area contributed by atoms with Crippen LogP contribution in [0.15, 0.2) is 52.8 Å². The summed E-state index contributed by atoms with van der Waals surface area (Å²) in [5, 5.41) is 11.4. The quantitative estimate of drug-likeness (QED) is 0.753. The van der Waals surface area contributed by atoms with Crippen LogP contribution in [0.4, 0.5) is 0 Å². The Morgan fingerprint density at radius 2 is 2.00 bits per heavy atom. The van der Waals surface area contributed by atoms with Crippen LogP contribution in [-0.2, 0) is 6.54 Å². The minimum absolute atomic E-state index is 0.477. The van der Waals surface area contributed by atoms with Crippen molar-refractivity contribution in [2.75, 3.05) is 0 Å². The van der Waals surface area contributed by atoms with E-state index in [9.17, 15) is 0 Å². The largest absolute Gasteiger partial charge is 0.269 e. The molecule has 3 aliphatic carbocycles. The number of rotatable bonds is 2. The van der Waals surface area contributed by atoms with Gasteiger partial charge in [0, 0.05) is 0 Å². The van der Waals surface area contributed by atoms with Gasteiger partial charge in [-0.2, -0.15) is 5.11 Å². The molecule has 1 aromatic carbocycles. The Morgan fingerprint density at radius 1 is 1.10 bits per heavy atom. The van der Waals surface area contributed by atoms with Gasteiger partial charge in [0.25, 0.3) is 0 Å². The molecule has 5 rings (SSSR count). The van der Waals surface area contributed by atoms with Crippen molar-refractivity contribution in [1.29, 1.82) is 0 Å². The molecule has 6 unspecified atom stereocenters. The van der Waals surface area contributed by atoms with Crippen LogP contribution in [-0.4, -0.2) is 17.1 Å². The number of fused-ring (bicyclic) bond motifs is 8. The first kappa shape index (κ1) is 11.1. The van der Waals surface area contributed by atoms with Crippen molar-refractivity contribution in [1.82, 2.24) is 5.01 Å². The first-order valence-corrected chi connectivity index (χ1v) is 7.80. The third-order valence-corrected chi connectivity index (χ3v) is 5.91. The maximum Gasteiger partial charge on any atom is 0.0983 e. The minimum atomic E-state index is 0.477. The van der Waals surface area contributed by atoms with E-state index >= 15 is 0 Å². The summed E-state index contributed by atoms with van der Waals surface area (Å²) in [6.07, 6.45) is 7.53. The first-order chi connectivity index (χ1) is 9.92. The SMILES string of the molecule is C1=CC2C(C1)C1CC2C2C1N=NN2Cc1ccccc1. The number of nitrogens with zero attached hydrogens (tertiary/aromatic N) is 3. The van der Waals surface area contributed by atoms with Gasteiger partial charge < -0.3 is 0 Å². The number of hydrogen-bond acceptors (Lipinski definition) is 3. The lowest BCUT2D eigenvalue weighted by molar-refractivity contribution is 0.119.